The number of piperazine rings is 1. The highest BCUT2D eigenvalue weighted by Gasteiger charge is 2.35. The number of likely N-dealkylation sites (N-methyl/N-ethyl adjacent to an activating group) is 1. The van der Waals surface area contributed by atoms with E-state index in [1.165, 1.54) is 24.5 Å². The van der Waals surface area contributed by atoms with Crippen molar-refractivity contribution in [2.24, 2.45) is 0 Å². The van der Waals surface area contributed by atoms with E-state index < -0.39 is 17.8 Å². The number of aromatic nitrogens is 3. The van der Waals surface area contributed by atoms with Crippen LogP contribution in [0.15, 0.2) is 60.9 Å². The molecule has 0 spiro atoms. The first kappa shape index (κ1) is 22.0. The number of anilines is 1. The molecule has 1 N–H and O–H groups in total. The quantitative estimate of drug-likeness (QED) is 0.655. The number of halogens is 3. The van der Waals surface area contributed by atoms with E-state index in [-0.39, 0.29) is 17.5 Å². The number of pyridine rings is 1. The maximum Gasteiger partial charge on any atom is 0.420 e. The van der Waals surface area contributed by atoms with Gasteiger partial charge in [-0.2, -0.15) is 13.2 Å². The molecule has 1 unspecified atom stereocenters. The Morgan fingerprint density at radius 1 is 1.03 bits per heavy atom. The molecule has 1 atom stereocenters. The summed E-state index contributed by atoms with van der Waals surface area (Å²) in [6.07, 6.45) is -1.96. The molecule has 1 aliphatic rings. The largest absolute Gasteiger partial charge is 0.420 e. The van der Waals surface area contributed by atoms with Gasteiger partial charge in [-0.1, -0.05) is 30.3 Å². The number of benzene rings is 1. The van der Waals surface area contributed by atoms with Crippen LogP contribution in [0.2, 0.25) is 0 Å². The zero-order chi connectivity index (χ0) is 22.7. The fourth-order valence-corrected chi connectivity index (χ4v) is 3.75. The van der Waals surface area contributed by atoms with Crippen molar-refractivity contribution in [1.82, 2.24) is 24.6 Å². The number of alkyl halides is 3. The Balaban J connectivity index is 1.57. The van der Waals surface area contributed by atoms with Crippen molar-refractivity contribution >= 4 is 11.7 Å². The molecule has 1 saturated heterocycles. The van der Waals surface area contributed by atoms with Crippen molar-refractivity contribution in [3.63, 3.8) is 0 Å². The highest BCUT2D eigenvalue weighted by Crippen LogP contribution is 2.32. The van der Waals surface area contributed by atoms with Gasteiger partial charge in [-0.25, -0.2) is 9.67 Å². The molecular weight excluding hydrogens is 421 g/mol. The molecule has 10 heteroatoms. The average molecular weight is 444 g/mol. The van der Waals surface area contributed by atoms with Gasteiger partial charge in [0.1, 0.15) is 11.6 Å². The van der Waals surface area contributed by atoms with Crippen LogP contribution in [0.3, 0.4) is 0 Å². The number of nitrogens with zero attached hydrogens (tertiary/aromatic N) is 5. The van der Waals surface area contributed by atoms with Crippen LogP contribution in [0, 0.1) is 0 Å². The lowest BCUT2D eigenvalue weighted by Crippen LogP contribution is -2.48. The van der Waals surface area contributed by atoms with Crippen molar-refractivity contribution in [3.8, 4) is 5.82 Å². The van der Waals surface area contributed by atoms with Gasteiger partial charge in [0.15, 0.2) is 11.6 Å². The van der Waals surface area contributed by atoms with Gasteiger partial charge in [0, 0.05) is 44.6 Å². The van der Waals surface area contributed by atoms with Crippen molar-refractivity contribution in [3.05, 3.63) is 72.1 Å². The minimum absolute atomic E-state index is 0.156. The van der Waals surface area contributed by atoms with E-state index in [0.717, 1.165) is 42.5 Å². The maximum absolute atomic E-state index is 13.3. The fraction of sp³-hybridized carbons (Fsp3) is 0.318. The summed E-state index contributed by atoms with van der Waals surface area (Å²) < 4.78 is 41.0. The summed E-state index contributed by atoms with van der Waals surface area (Å²) in [6, 6.07) is 12.5. The van der Waals surface area contributed by atoms with Crippen LogP contribution in [0.25, 0.3) is 5.82 Å². The zero-order valence-electron chi connectivity index (χ0n) is 17.5. The van der Waals surface area contributed by atoms with Gasteiger partial charge in [-0.3, -0.25) is 9.69 Å². The smallest absolute Gasteiger partial charge is 0.308 e. The summed E-state index contributed by atoms with van der Waals surface area (Å²) in [5.41, 5.74) is -0.0568. The average Bonchev–Trinajstić information content (AvgIpc) is 3.24. The Labute approximate surface area is 183 Å². The highest BCUT2D eigenvalue weighted by molar-refractivity contribution is 5.94. The number of nitrogens with one attached hydrogen (secondary N) is 1. The lowest BCUT2D eigenvalue weighted by molar-refractivity contribution is -0.137. The van der Waals surface area contributed by atoms with Gasteiger partial charge < -0.3 is 10.2 Å². The van der Waals surface area contributed by atoms with Crippen LogP contribution < -0.4 is 5.32 Å². The van der Waals surface area contributed by atoms with E-state index in [1.54, 1.807) is 0 Å². The van der Waals surface area contributed by atoms with Crippen molar-refractivity contribution in [2.75, 3.05) is 38.5 Å². The Morgan fingerprint density at radius 3 is 2.44 bits per heavy atom. The SMILES string of the molecule is CN1CCN(C(C(=O)Nc2ccn(-c3ncccc3C(F)(F)F)n2)c2ccccc2)CC1. The van der Waals surface area contributed by atoms with E-state index >= 15 is 0 Å². The molecule has 4 rings (SSSR count). The summed E-state index contributed by atoms with van der Waals surface area (Å²) in [7, 11) is 2.04. The summed E-state index contributed by atoms with van der Waals surface area (Å²) >= 11 is 0. The van der Waals surface area contributed by atoms with E-state index in [0.29, 0.717) is 0 Å². The molecule has 7 nitrogen and oxygen atoms in total. The van der Waals surface area contributed by atoms with Crippen LogP contribution in [0.5, 0.6) is 0 Å². The summed E-state index contributed by atoms with van der Waals surface area (Å²) in [4.78, 5) is 21.4. The summed E-state index contributed by atoms with van der Waals surface area (Å²) in [5, 5.41) is 6.89. The standard InChI is InChI=1S/C22H23F3N6O/c1-29-12-14-30(15-13-29)19(16-6-3-2-4-7-16)21(32)27-18-9-11-31(28-18)20-17(22(23,24)25)8-5-10-26-20/h2-11,19H,12-15H2,1H3,(H,27,28,32). The number of hydrogen-bond acceptors (Lipinski definition) is 5. The predicted molar refractivity (Wildman–Crippen MR) is 113 cm³/mol. The number of carbonyl (C=O) groups is 1. The van der Waals surface area contributed by atoms with E-state index in [9.17, 15) is 18.0 Å². The monoisotopic (exact) mass is 444 g/mol. The van der Waals surface area contributed by atoms with Crippen molar-refractivity contribution in [2.45, 2.75) is 12.2 Å². The van der Waals surface area contributed by atoms with E-state index in [4.69, 9.17) is 0 Å². The van der Waals surface area contributed by atoms with Gasteiger partial charge in [0.05, 0.1) is 0 Å². The number of amides is 1. The fourth-order valence-electron chi connectivity index (χ4n) is 3.75. The third-order valence-electron chi connectivity index (χ3n) is 5.42. The highest BCUT2D eigenvalue weighted by atomic mass is 19.4. The predicted octanol–water partition coefficient (Wildman–Crippen LogP) is 3.21. The zero-order valence-corrected chi connectivity index (χ0v) is 17.5. The first-order valence-electron chi connectivity index (χ1n) is 10.2. The Kier molecular flexibility index (Phi) is 6.24. The molecule has 3 heterocycles. The molecule has 2 aromatic heterocycles. The first-order valence-corrected chi connectivity index (χ1v) is 10.2. The van der Waals surface area contributed by atoms with Gasteiger partial charge in [0.2, 0.25) is 5.91 Å². The molecule has 0 bridgehead atoms. The lowest BCUT2D eigenvalue weighted by atomic mass is 10.0. The molecule has 3 aromatic rings. The minimum Gasteiger partial charge on any atom is -0.308 e. The van der Waals surface area contributed by atoms with Crippen molar-refractivity contribution in [1.29, 1.82) is 0 Å². The Morgan fingerprint density at radius 2 is 1.75 bits per heavy atom. The van der Waals surface area contributed by atoms with Crippen LogP contribution in [0.1, 0.15) is 17.2 Å². The summed E-state index contributed by atoms with van der Waals surface area (Å²) in [6.45, 7) is 3.12. The third-order valence-corrected chi connectivity index (χ3v) is 5.42. The first-order chi connectivity index (χ1) is 15.3. The molecule has 1 amide bonds. The normalized spacial score (nSPS) is 16.6. The molecule has 0 aliphatic carbocycles. The summed E-state index contributed by atoms with van der Waals surface area (Å²) in [5.74, 6) is -0.480. The topological polar surface area (TPSA) is 66.3 Å². The Hall–Kier alpha value is -3.24. The van der Waals surface area contributed by atoms with Crippen molar-refractivity contribution < 1.29 is 18.0 Å². The molecule has 32 heavy (non-hydrogen) atoms. The second-order valence-corrected chi connectivity index (χ2v) is 7.66. The molecule has 168 valence electrons. The van der Waals surface area contributed by atoms with Crippen LogP contribution in [-0.4, -0.2) is 63.7 Å². The number of rotatable bonds is 5. The van der Waals surface area contributed by atoms with Crippen LogP contribution in [-0.2, 0) is 11.0 Å². The van der Waals surface area contributed by atoms with Gasteiger partial charge in [0.25, 0.3) is 0 Å². The number of carbonyl (C=O) groups excluding carboxylic acids is 1. The molecule has 1 aromatic carbocycles. The van der Waals surface area contributed by atoms with E-state index in [1.807, 2.05) is 37.4 Å². The lowest BCUT2D eigenvalue weighted by Gasteiger charge is -2.37. The molecule has 0 saturated carbocycles. The molecular formula is C22H23F3N6O. The van der Waals surface area contributed by atoms with Crippen LogP contribution >= 0.6 is 0 Å². The number of hydrogen-bond donors (Lipinski definition) is 1. The molecule has 0 radical (unpaired) electrons. The second-order valence-electron chi connectivity index (χ2n) is 7.66. The van der Waals surface area contributed by atoms with E-state index in [2.05, 4.69) is 25.2 Å². The third kappa shape index (κ3) is 4.81. The minimum atomic E-state index is -4.57. The Bertz CT molecular complexity index is 1060. The van der Waals surface area contributed by atoms with Crippen LogP contribution in [0.4, 0.5) is 19.0 Å². The van der Waals surface area contributed by atoms with Gasteiger partial charge in [-0.15, -0.1) is 5.10 Å². The van der Waals surface area contributed by atoms with Gasteiger partial charge >= 0.3 is 6.18 Å². The second kappa shape index (κ2) is 9.09. The molecule has 1 aliphatic heterocycles. The molecule has 1 fully saturated rings. The van der Waals surface area contributed by atoms with Gasteiger partial charge in [-0.05, 0) is 24.7 Å². The maximum atomic E-state index is 13.3.